The quantitative estimate of drug-likeness (QED) is 0.405. The van der Waals surface area contributed by atoms with E-state index in [1.165, 1.54) is 6.07 Å². The van der Waals surface area contributed by atoms with Crippen LogP contribution in [-0.2, 0) is 14.6 Å². The molecule has 2 atom stereocenters. The van der Waals surface area contributed by atoms with Crippen molar-refractivity contribution in [3.05, 3.63) is 24.1 Å². The van der Waals surface area contributed by atoms with Crippen molar-refractivity contribution >= 4 is 27.5 Å². The third-order valence-corrected chi connectivity index (χ3v) is 6.89. The molecule has 11 heteroatoms. The van der Waals surface area contributed by atoms with Gasteiger partial charge in [-0.2, -0.15) is 0 Å². The average molecular weight is 441 g/mol. The smallest absolute Gasteiger partial charge is 0.222 e. The zero-order valence-electron chi connectivity index (χ0n) is 17.1. The predicted octanol–water partition coefficient (Wildman–Crippen LogP) is 0.0479. The van der Waals surface area contributed by atoms with Gasteiger partial charge in [-0.1, -0.05) is 0 Å². The van der Waals surface area contributed by atoms with Gasteiger partial charge in [0.1, 0.15) is 0 Å². The number of carbonyl (C=O) groups is 1. The van der Waals surface area contributed by atoms with Gasteiger partial charge in [0, 0.05) is 44.3 Å². The predicted molar refractivity (Wildman–Crippen MR) is 114 cm³/mol. The zero-order chi connectivity index (χ0) is 21.6. The zero-order valence-corrected chi connectivity index (χ0v) is 17.9. The normalized spacial score (nSPS) is 23.4. The largest absolute Gasteiger partial charge is 0.357 e. The third kappa shape index (κ3) is 6.28. The van der Waals surface area contributed by atoms with Crippen LogP contribution in [0.25, 0.3) is 0 Å². The number of halogens is 1. The molecule has 3 N–H and O–H groups in total. The molecule has 1 amide bonds. The maximum absolute atomic E-state index is 14.0. The monoisotopic (exact) mass is 440 g/mol. The molecule has 9 nitrogen and oxygen atoms in total. The first kappa shape index (κ1) is 22.3. The number of nitrogens with one attached hydrogen (secondary N) is 3. The van der Waals surface area contributed by atoms with E-state index in [1.54, 1.807) is 12.3 Å². The molecule has 2 saturated heterocycles. The molecular weight excluding hydrogens is 411 g/mol. The van der Waals surface area contributed by atoms with E-state index in [0.29, 0.717) is 37.8 Å². The lowest BCUT2D eigenvalue weighted by atomic mass is 10.2. The Bertz CT molecular complexity index is 879. The number of sulfone groups is 1. The highest BCUT2D eigenvalue weighted by Crippen LogP contribution is 2.20. The standard InChI is InChI=1S/C19H29FN6O3S/c1-2-21-19(23-9-5-17(27)24-15-7-11-30(28,29)13-15)25-14-6-10-26(12-14)18-16(20)4-3-8-22-18/h3-4,8,14-15H,2,5-7,9-13H2,1H3,(H,24,27)(H2,21,23,25). The molecule has 1 aromatic heterocycles. The number of aliphatic imine (C=N–C) groups is 1. The first-order valence-electron chi connectivity index (χ1n) is 10.3. The summed E-state index contributed by atoms with van der Waals surface area (Å²) in [6.07, 6.45) is 3.05. The number of aromatic nitrogens is 1. The summed E-state index contributed by atoms with van der Waals surface area (Å²) in [4.78, 5) is 22.5. The minimum Gasteiger partial charge on any atom is -0.357 e. The van der Waals surface area contributed by atoms with E-state index >= 15 is 0 Å². The highest BCUT2D eigenvalue weighted by Gasteiger charge is 2.29. The molecule has 0 aromatic carbocycles. The summed E-state index contributed by atoms with van der Waals surface area (Å²) in [5.74, 6) is 0.567. The third-order valence-electron chi connectivity index (χ3n) is 5.12. The van der Waals surface area contributed by atoms with Gasteiger partial charge in [-0.25, -0.2) is 17.8 Å². The summed E-state index contributed by atoms with van der Waals surface area (Å²) in [6.45, 7) is 4.20. The van der Waals surface area contributed by atoms with Gasteiger partial charge in [0.15, 0.2) is 27.4 Å². The molecule has 30 heavy (non-hydrogen) atoms. The molecule has 0 radical (unpaired) electrons. The van der Waals surface area contributed by atoms with Crippen LogP contribution in [0.4, 0.5) is 10.2 Å². The van der Waals surface area contributed by atoms with Gasteiger partial charge in [-0.15, -0.1) is 0 Å². The van der Waals surface area contributed by atoms with Crippen LogP contribution in [-0.4, -0.2) is 75.0 Å². The molecule has 2 aliphatic heterocycles. The van der Waals surface area contributed by atoms with E-state index < -0.39 is 9.84 Å². The van der Waals surface area contributed by atoms with Crippen molar-refractivity contribution in [2.45, 2.75) is 38.3 Å². The lowest BCUT2D eigenvalue weighted by Crippen LogP contribution is -2.45. The molecule has 3 rings (SSSR count). The Morgan fingerprint density at radius 1 is 1.33 bits per heavy atom. The summed E-state index contributed by atoms with van der Waals surface area (Å²) in [5.41, 5.74) is 0. The molecular formula is C19H29FN6O3S. The summed E-state index contributed by atoms with van der Waals surface area (Å²) in [6, 6.07) is 2.76. The molecule has 0 saturated carbocycles. The first-order valence-corrected chi connectivity index (χ1v) is 12.1. The van der Waals surface area contributed by atoms with Crippen LogP contribution in [0.1, 0.15) is 26.2 Å². The minimum absolute atomic E-state index is 0.0151. The van der Waals surface area contributed by atoms with Crippen molar-refractivity contribution in [2.75, 3.05) is 42.6 Å². The fourth-order valence-corrected chi connectivity index (χ4v) is 5.35. The van der Waals surface area contributed by atoms with E-state index in [-0.39, 0.29) is 48.3 Å². The Balaban J connectivity index is 1.46. The van der Waals surface area contributed by atoms with Crippen LogP contribution < -0.4 is 20.9 Å². The number of amides is 1. The van der Waals surface area contributed by atoms with Gasteiger partial charge in [-0.05, 0) is 31.9 Å². The van der Waals surface area contributed by atoms with Crippen molar-refractivity contribution in [1.29, 1.82) is 0 Å². The maximum Gasteiger partial charge on any atom is 0.222 e. The number of nitrogens with zero attached hydrogens (tertiary/aromatic N) is 3. The molecule has 2 fully saturated rings. The summed E-state index contributed by atoms with van der Waals surface area (Å²) in [5, 5.41) is 9.25. The second-order valence-electron chi connectivity index (χ2n) is 7.56. The first-order chi connectivity index (χ1) is 14.4. The molecule has 3 heterocycles. The fraction of sp³-hybridized carbons (Fsp3) is 0.632. The van der Waals surface area contributed by atoms with E-state index in [9.17, 15) is 17.6 Å². The molecule has 1 aromatic rings. The van der Waals surface area contributed by atoms with Crippen molar-refractivity contribution in [2.24, 2.45) is 4.99 Å². The second-order valence-corrected chi connectivity index (χ2v) is 9.79. The number of anilines is 1. The highest BCUT2D eigenvalue weighted by molar-refractivity contribution is 7.91. The molecule has 2 aliphatic rings. The lowest BCUT2D eigenvalue weighted by Gasteiger charge is -2.20. The van der Waals surface area contributed by atoms with Crippen LogP contribution in [0.5, 0.6) is 0 Å². The Kier molecular flexibility index (Phi) is 7.46. The average Bonchev–Trinajstić information content (AvgIpc) is 3.28. The summed E-state index contributed by atoms with van der Waals surface area (Å²) in [7, 11) is -3.02. The van der Waals surface area contributed by atoms with Crippen molar-refractivity contribution in [3.63, 3.8) is 0 Å². The molecule has 166 valence electrons. The molecule has 2 unspecified atom stereocenters. The molecule has 0 aliphatic carbocycles. The van der Waals surface area contributed by atoms with Crippen LogP contribution >= 0.6 is 0 Å². The Morgan fingerprint density at radius 2 is 2.17 bits per heavy atom. The van der Waals surface area contributed by atoms with Gasteiger partial charge >= 0.3 is 0 Å². The van der Waals surface area contributed by atoms with E-state index in [4.69, 9.17) is 0 Å². The van der Waals surface area contributed by atoms with E-state index in [1.807, 2.05) is 11.8 Å². The van der Waals surface area contributed by atoms with Gasteiger partial charge in [-0.3, -0.25) is 9.79 Å². The Labute approximate surface area is 176 Å². The van der Waals surface area contributed by atoms with Gasteiger partial charge in [0.05, 0.1) is 18.1 Å². The number of hydrogen-bond donors (Lipinski definition) is 3. The van der Waals surface area contributed by atoms with Gasteiger partial charge < -0.3 is 20.9 Å². The lowest BCUT2D eigenvalue weighted by molar-refractivity contribution is -0.121. The number of rotatable bonds is 7. The Morgan fingerprint density at radius 3 is 2.87 bits per heavy atom. The van der Waals surface area contributed by atoms with Crippen molar-refractivity contribution < 1.29 is 17.6 Å². The second kappa shape index (κ2) is 10.1. The topological polar surface area (TPSA) is 116 Å². The summed E-state index contributed by atoms with van der Waals surface area (Å²) >= 11 is 0. The minimum atomic E-state index is -3.02. The number of pyridine rings is 1. The van der Waals surface area contributed by atoms with Crippen LogP contribution in [0.15, 0.2) is 23.3 Å². The number of guanidine groups is 1. The van der Waals surface area contributed by atoms with Crippen molar-refractivity contribution in [3.8, 4) is 0 Å². The summed E-state index contributed by atoms with van der Waals surface area (Å²) < 4.78 is 36.9. The van der Waals surface area contributed by atoms with Crippen LogP contribution in [0, 0.1) is 5.82 Å². The van der Waals surface area contributed by atoms with Crippen LogP contribution in [0.2, 0.25) is 0 Å². The fourth-order valence-electron chi connectivity index (χ4n) is 3.67. The molecule has 0 bridgehead atoms. The van der Waals surface area contributed by atoms with Crippen LogP contribution in [0.3, 0.4) is 0 Å². The van der Waals surface area contributed by atoms with E-state index in [0.717, 1.165) is 6.42 Å². The van der Waals surface area contributed by atoms with Crippen molar-refractivity contribution in [1.82, 2.24) is 20.9 Å². The highest BCUT2D eigenvalue weighted by atomic mass is 32.2. The number of hydrogen-bond acceptors (Lipinski definition) is 6. The SMILES string of the molecule is CCNC(=NCCC(=O)NC1CCS(=O)(=O)C1)NC1CCN(c2ncccc2F)C1. The molecule has 0 spiro atoms. The van der Waals surface area contributed by atoms with Gasteiger partial charge in [0.25, 0.3) is 0 Å². The Hall–Kier alpha value is -2.43. The van der Waals surface area contributed by atoms with Gasteiger partial charge in [0.2, 0.25) is 5.91 Å². The maximum atomic E-state index is 14.0. The number of carbonyl (C=O) groups excluding carboxylic acids is 1. The van der Waals surface area contributed by atoms with E-state index in [2.05, 4.69) is 25.9 Å².